The van der Waals surface area contributed by atoms with Crippen LogP contribution in [0.5, 0.6) is 0 Å². The summed E-state index contributed by atoms with van der Waals surface area (Å²) in [5, 5.41) is 5.12. The normalized spacial score (nSPS) is 9.90. The van der Waals surface area contributed by atoms with Crippen molar-refractivity contribution < 1.29 is 14.4 Å². The van der Waals surface area contributed by atoms with Crippen molar-refractivity contribution in [2.45, 2.75) is 0 Å². The first kappa shape index (κ1) is 14.4. The lowest BCUT2D eigenvalue weighted by Crippen LogP contribution is -1.79. The average molecular weight is 285 g/mol. The maximum atomic E-state index is 8.70. The van der Waals surface area contributed by atoms with Crippen LogP contribution in [0.4, 0.5) is 0 Å². The third-order valence-corrected chi connectivity index (χ3v) is 3.00. The largest absolute Gasteiger partial charge is 0.692 e. The molecular weight excluding hydrogens is 271 g/mol. The smallest absolute Gasteiger partial charge is 0.134 e. The van der Waals surface area contributed by atoms with E-state index in [9.17, 15) is 0 Å². The summed E-state index contributed by atoms with van der Waals surface area (Å²) in [4.78, 5) is 14.2. The Balaban J connectivity index is 0.000000328. The Kier molecular flexibility index (Phi) is 4.59. The molecule has 0 saturated heterocycles. The van der Waals surface area contributed by atoms with Crippen molar-refractivity contribution in [3.8, 4) is 0 Å². The predicted molar refractivity (Wildman–Crippen MR) is 83.6 cm³/mol. The molecule has 0 fully saturated rings. The van der Waals surface area contributed by atoms with Crippen molar-refractivity contribution in [2.75, 3.05) is 0 Å². The van der Waals surface area contributed by atoms with Gasteiger partial charge in [-0.1, -0.05) is 55.1 Å². The molecule has 0 aromatic heterocycles. The van der Waals surface area contributed by atoms with E-state index in [1.54, 1.807) is 0 Å². The van der Waals surface area contributed by atoms with Crippen molar-refractivity contribution in [3.63, 3.8) is 0 Å². The molecule has 0 radical (unpaired) electrons. The van der Waals surface area contributed by atoms with Crippen LogP contribution in [0.3, 0.4) is 0 Å². The van der Waals surface area contributed by atoms with Crippen molar-refractivity contribution in [1.82, 2.24) is 0 Å². The Bertz CT molecular complexity index is 777. The molecular formula is C16H14O3P+. The summed E-state index contributed by atoms with van der Waals surface area (Å²) < 4.78 is 8.70. The highest BCUT2D eigenvalue weighted by Crippen LogP contribution is 2.25. The summed E-state index contributed by atoms with van der Waals surface area (Å²) in [5.74, 6) is 0. The zero-order chi connectivity index (χ0) is 14.5. The third kappa shape index (κ3) is 3.28. The zero-order valence-electron chi connectivity index (χ0n) is 10.7. The number of rotatable bonds is 1. The van der Waals surface area contributed by atoms with Gasteiger partial charge in [0.2, 0.25) is 0 Å². The second-order valence-corrected chi connectivity index (χ2v) is 4.73. The molecule has 0 heterocycles. The van der Waals surface area contributed by atoms with Crippen LogP contribution in [0, 0.1) is 0 Å². The fourth-order valence-corrected chi connectivity index (χ4v) is 2.17. The van der Waals surface area contributed by atoms with E-state index in [1.807, 2.05) is 6.08 Å². The number of hydrogen-bond acceptors (Lipinski definition) is 1. The van der Waals surface area contributed by atoms with Gasteiger partial charge < -0.3 is 0 Å². The van der Waals surface area contributed by atoms with E-state index >= 15 is 0 Å². The highest BCUT2D eigenvalue weighted by molar-refractivity contribution is 7.30. The van der Waals surface area contributed by atoms with Crippen molar-refractivity contribution >= 4 is 35.9 Å². The lowest BCUT2D eigenvalue weighted by Gasteiger charge is -2.04. The topological polar surface area (TPSA) is 57.5 Å². The molecule has 3 aromatic carbocycles. The van der Waals surface area contributed by atoms with Gasteiger partial charge in [-0.15, -0.1) is 9.79 Å². The molecule has 4 heteroatoms. The molecule has 20 heavy (non-hydrogen) atoms. The predicted octanol–water partition coefficient (Wildman–Crippen LogP) is 4.26. The van der Waals surface area contributed by atoms with Crippen LogP contribution in [0.2, 0.25) is 0 Å². The van der Waals surface area contributed by atoms with Gasteiger partial charge in [-0.2, -0.15) is 0 Å². The van der Waals surface area contributed by atoms with Gasteiger partial charge in [0.25, 0.3) is 0 Å². The molecule has 0 aliphatic carbocycles. The van der Waals surface area contributed by atoms with Gasteiger partial charge in [0.15, 0.2) is 0 Å². The molecule has 3 rings (SSSR count). The molecule has 2 N–H and O–H groups in total. The lowest BCUT2D eigenvalue weighted by atomic mass is 10.00. The van der Waals surface area contributed by atoms with Gasteiger partial charge in [-0.3, -0.25) is 0 Å². The van der Waals surface area contributed by atoms with E-state index in [-0.39, 0.29) is 0 Å². The minimum atomic E-state index is -2.87. The lowest BCUT2D eigenvalue weighted by molar-refractivity contribution is 0.405. The summed E-state index contributed by atoms with van der Waals surface area (Å²) in [5.41, 5.74) is 1.20. The van der Waals surface area contributed by atoms with Gasteiger partial charge in [0, 0.05) is 4.57 Å². The summed E-state index contributed by atoms with van der Waals surface area (Å²) in [7, 11) is -2.87. The van der Waals surface area contributed by atoms with E-state index in [0.29, 0.717) is 0 Å². The highest BCUT2D eigenvalue weighted by atomic mass is 31.1. The quantitative estimate of drug-likeness (QED) is 0.518. The Morgan fingerprint density at radius 1 is 0.900 bits per heavy atom. The minimum absolute atomic E-state index is 1.20. The van der Waals surface area contributed by atoms with Crippen LogP contribution < -0.4 is 0 Å². The van der Waals surface area contributed by atoms with Crippen LogP contribution in [-0.4, -0.2) is 9.79 Å². The van der Waals surface area contributed by atoms with Crippen LogP contribution in [-0.2, 0) is 4.57 Å². The van der Waals surface area contributed by atoms with Crippen LogP contribution in [0.25, 0.3) is 27.6 Å². The van der Waals surface area contributed by atoms with Gasteiger partial charge in [-0.25, -0.2) is 0 Å². The van der Waals surface area contributed by atoms with E-state index in [4.69, 9.17) is 14.4 Å². The SMILES string of the molecule is C=Cc1cccc2cc3ccccc3cc12.O=[P+](O)O. The first-order valence-corrected chi connectivity index (χ1v) is 7.17. The van der Waals surface area contributed by atoms with Gasteiger partial charge in [-0.05, 0) is 39.2 Å². The summed E-state index contributed by atoms with van der Waals surface area (Å²) in [6, 6.07) is 19.2. The van der Waals surface area contributed by atoms with Crippen molar-refractivity contribution in [3.05, 3.63) is 66.7 Å². The van der Waals surface area contributed by atoms with Crippen molar-refractivity contribution in [1.29, 1.82) is 0 Å². The maximum Gasteiger partial charge on any atom is 0.692 e. The first-order valence-electron chi connectivity index (χ1n) is 6.01. The van der Waals surface area contributed by atoms with Crippen LogP contribution in [0.1, 0.15) is 5.56 Å². The molecule has 3 aromatic rings. The average Bonchev–Trinajstić information content (AvgIpc) is 2.43. The molecule has 0 atom stereocenters. The first-order chi connectivity index (χ1) is 9.61. The standard InChI is InChI=1S/C16H12.HO3P/c1-2-12-8-5-9-15-10-13-6-3-4-7-14(13)11-16(12)15;1-4(2)3/h2-11H,1H2;(H-,1,2,3)/p+1. The molecule has 0 amide bonds. The van der Waals surface area contributed by atoms with E-state index < -0.39 is 8.25 Å². The van der Waals surface area contributed by atoms with Gasteiger partial charge >= 0.3 is 8.25 Å². The maximum absolute atomic E-state index is 8.70. The zero-order valence-corrected chi connectivity index (χ0v) is 11.6. The fourth-order valence-electron chi connectivity index (χ4n) is 2.17. The fraction of sp³-hybridized carbons (Fsp3) is 0. The van der Waals surface area contributed by atoms with Crippen LogP contribution >= 0.6 is 8.25 Å². The molecule has 100 valence electrons. The number of hydrogen-bond donors (Lipinski definition) is 2. The van der Waals surface area contributed by atoms with Gasteiger partial charge in [0.05, 0.1) is 0 Å². The molecule has 0 unspecified atom stereocenters. The molecule has 0 bridgehead atoms. The summed E-state index contributed by atoms with van der Waals surface area (Å²) >= 11 is 0. The minimum Gasteiger partial charge on any atom is -0.134 e. The summed E-state index contributed by atoms with van der Waals surface area (Å²) in [6.07, 6.45) is 1.91. The Morgan fingerprint density at radius 3 is 2.05 bits per heavy atom. The van der Waals surface area contributed by atoms with Gasteiger partial charge in [0.1, 0.15) is 0 Å². The number of fused-ring (bicyclic) bond motifs is 2. The monoisotopic (exact) mass is 285 g/mol. The Morgan fingerprint density at radius 2 is 1.45 bits per heavy atom. The molecule has 0 aliphatic rings. The second kappa shape index (κ2) is 6.40. The molecule has 0 aliphatic heterocycles. The third-order valence-electron chi connectivity index (χ3n) is 3.00. The molecule has 0 saturated carbocycles. The van der Waals surface area contributed by atoms with E-state index in [0.717, 1.165) is 0 Å². The van der Waals surface area contributed by atoms with Crippen molar-refractivity contribution in [2.24, 2.45) is 0 Å². The summed E-state index contributed by atoms with van der Waals surface area (Å²) in [6.45, 7) is 3.86. The Hall–Kier alpha value is -2.06. The number of benzene rings is 3. The second-order valence-electron chi connectivity index (χ2n) is 4.22. The van der Waals surface area contributed by atoms with E-state index in [2.05, 4.69) is 61.2 Å². The Labute approximate surface area is 117 Å². The molecule has 3 nitrogen and oxygen atoms in total. The molecule has 0 spiro atoms. The van der Waals surface area contributed by atoms with Crippen LogP contribution in [0.15, 0.2) is 61.2 Å². The highest BCUT2D eigenvalue weighted by Gasteiger charge is 1.99. The van der Waals surface area contributed by atoms with E-state index in [1.165, 1.54) is 27.1 Å².